The number of rotatable bonds is 3. The van der Waals surface area contributed by atoms with Gasteiger partial charge in [0.05, 0.1) is 18.4 Å². The number of pyridine rings is 1. The van der Waals surface area contributed by atoms with Gasteiger partial charge in [-0.25, -0.2) is 4.68 Å². The Bertz CT molecular complexity index is 1020. The first-order valence-electron chi connectivity index (χ1n) is 7.35. The van der Waals surface area contributed by atoms with E-state index < -0.39 is 0 Å². The summed E-state index contributed by atoms with van der Waals surface area (Å²) in [5.41, 5.74) is 1.64. The molecule has 5 heteroatoms. The monoisotopic (exact) mass is 302 g/mol. The van der Waals surface area contributed by atoms with Crippen molar-refractivity contribution < 1.29 is 0 Å². The van der Waals surface area contributed by atoms with Crippen LogP contribution in [-0.4, -0.2) is 19.6 Å². The van der Waals surface area contributed by atoms with Gasteiger partial charge in [-0.15, -0.1) is 5.10 Å². The van der Waals surface area contributed by atoms with Crippen molar-refractivity contribution >= 4 is 10.8 Å². The van der Waals surface area contributed by atoms with Crippen molar-refractivity contribution in [2.45, 2.75) is 6.54 Å². The van der Waals surface area contributed by atoms with Crippen LogP contribution in [0.1, 0.15) is 5.69 Å². The van der Waals surface area contributed by atoms with Crippen LogP contribution >= 0.6 is 0 Å². The third-order valence-corrected chi connectivity index (χ3v) is 3.75. The van der Waals surface area contributed by atoms with E-state index in [-0.39, 0.29) is 5.56 Å². The Morgan fingerprint density at radius 1 is 0.870 bits per heavy atom. The Labute approximate surface area is 132 Å². The van der Waals surface area contributed by atoms with Crippen molar-refractivity contribution in [3.63, 3.8) is 0 Å². The fraction of sp³-hybridized carbons (Fsp3) is 0.0556. The van der Waals surface area contributed by atoms with Gasteiger partial charge >= 0.3 is 0 Å². The molecule has 0 fully saturated rings. The summed E-state index contributed by atoms with van der Waals surface area (Å²) in [4.78, 5) is 12.2. The van der Waals surface area contributed by atoms with Crippen LogP contribution in [0.3, 0.4) is 0 Å². The second-order valence-corrected chi connectivity index (χ2v) is 5.36. The lowest BCUT2D eigenvalue weighted by molar-refractivity contribution is 0.735. The molecule has 0 spiro atoms. The molecule has 0 aliphatic carbocycles. The lowest BCUT2D eigenvalue weighted by atomic mass is 10.2. The van der Waals surface area contributed by atoms with Crippen molar-refractivity contribution in [3.8, 4) is 5.69 Å². The lowest BCUT2D eigenvalue weighted by Crippen LogP contribution is -2.19. The molecule has 2 aromatic heterocycles. The summed E-state index contributed by atoms with van der Waals surface area (Å²) in [7, 11) is 0. The molecule has 0 aliphatic heterocycles. The SMILES string of the molecule is O=c1cc2ccccc2cn1Cc1cn(-c2ccccc2)nn1. The number of para-hydroxylation sites is 1. The number of nitrogens with zero attached hydrogens (tertiary/aromatic N) is 4. The fourth-order valence-electron chi connectivity index (χ4n) is 2.58. The summed E-state index contributed by atoms with van der Waals surface area (Å²) >= 11 is 0. The van der Waals surface area contributed by atoms with Gasteiger partial charge in [0.2, 0.25) is 0 Å². The molecule has 4 rings (SSSR count). The minimum absolute atomic E-state index is 0.0436. The van der Waals surface area contributed by atoms with E-state index in [9.17, 15) is 4.79 Å². The number of benzene rings is 2. The largest absolute Gasteiger partial charge is 0.309 e. The molecule has 112 valence electrons. The van der Waals surface area contributed by atoms with Gasteiger partial charge in [-0.3, -0.25) is 4.79 Å². The van der Waals surface area contributed by atoms with Gasteiger partial charge in [-0.1, -0.05) is 47.7 Å². The first kappa shape index (κ1) is 13.5. The average molecular weight is 302 g/mol. The van der Waals surface area contributed by atoms with E-state index in [0.717, 1.165) is 22.2 Å². The van der Waals surface area contributed by atoms with Crippen LogP contribution in [-0.2, 0) is 6.54 Å². The van der Waals surface area contributed by atoms with Crippen LogP contribution < -0.4 is 5.56 Å². The quantitative estimate of drug-likeness (QED) is 0.584. The average Bonchev–Trinajstić information content (AvgIpc) is 3.05. The number of fused-ring (bicyclic) bond motifs is 1. The summed E-state index contributed by atoms with van der Waals surface area (Å²) < 4.78 is 3.36. The highest BCUT2D eigenvalue weighted by molar-refractivity contribution is 5.81. The lowest BCUT2D eigenvalue weighted by Gasteiger charge is -2.05. The molecule has 0 N–H and O–H groups in total. The fourth-order valence-corrected chi connectivity index (χ4v) is 2.58. The zero-order valence-electron chi connectivity index (χ0n) is 12.3. The molecule has 0 saturated heterocycles. The van der Waals surface area contributed by atoms with Crippen molar-refractivity contribution in [2.24, 2.45) is 0 Å². The second kappa shape index (κ2) is 5.53. The van der Waals surface area contributed by atoms with E-state index in [1.807, 2.05) is 67.0 Å². The summed E-state index contributed by atoms with van der Waals surface area (Å²) in [5, 5.41) is 10.3. The second-order valence-electron chi connectivity index (χ2n) is 5.36. The standard InChI is InChI=1S/C18H14N4O/c23-18-10-14-6-4-5-7-15(14)11-21(18)12-16-13-22(20-19-16)17-8-2-1-3-9-17/h1-11,13H,12H2. The van der Waals surface area contributed by atoms with Gasteiger partial charge in [-0.2, -0.15) is 0 Å². The highest BCUT2D eigenvalue weighted by Gasteiger charge is 2.06. The topological polar surface area (TPSA) is 52.7 Å². The summed E-state index contributed by atoms with van der Waals surface area (Å²) in [6.07, 6.45) is 3.70. The third kappa shape index (κ3) is 2.64. The van der Waals surface area contributed by atoms with E-state index in [1.165, 1.54) is 0 Å². The first-order chi connectivity index (χ1) is 11.3. The Hall–Kier alpha value is -3.21. The van der Waals surface area contributed by atoms with Gasteiger partial charge in [0.15, 0.2) is 0 Å². The van der Waals surface area contributed by atoms with Crippen molar-refractivity contribution in [3.05, 3.63) is 89.1 Å². The number of hydrogen-bond acceptors (Lipinski definition) is 3. The Balaban J connectivity index is 1.67. The van der Waals surface area contributed by atoms with E-state index in [0.29, 0.717) is 6.54 Å². The van der Waals surface area contributed by atoms with Gasteiger partial charge < -0.3 is 4.57 Å². The Kier molecular flexibility index (Phi) is 3.24. The zero-order valence-corrected chi connectivity index (χ0v) is 12.3. The van der Waals surface area contributed by atoms with Crippen molar-refractivity contribution in [1.82, 2.24) is 19.6 Å². The van der Waals surface area contributed by atoms with Crippen LogP contribution in [0.2, 0.25) is 0 Å². The summed E-state index contributed by atoms with van der Waals surface area (Å²) in [5.74, 6) is 0. The predicted molar refractivity (Wildman–Crippen MR) is 88.7 cm³/mol. The molecule has 0 saturated carbocycles. The highest BCUT2D eigenvalue weighted by atomic mass is 16.1. The number of aromatic nitrogens is 4. The maximum atomic E-state index is 12.2. The normalized spacial score (nSPS) is 11.0. The molecule has 0 amide bonds. The van der Waals surface area contributed by atoms with Crippen LogP contribution in [0, 0.1) is 0 Å². The smallest absolute Gasteiger partial charge is 0.251 e. The van der Waals surface area contributed by atoms with Crippen molar-refractivity contribution in [1.29, 1.82) is 0 Å². The zero-order chi connectivity index (χ0) is 15.6. The molecule has 2 heterocycles. The van der Waals surface area contributed by atoms with Gasteiger partial charge in [0, 0.05) is 12.3 Å². The molecular weight excluding hydrogens is 288 g/mol. The first-order valence-corrected chi connectivity index (χ1v) is 7.35. The van der Waals surface area contributed by atoms with E-state index in [4.69, 9.17) is 0 Å². The molecule has 4 aromatic rings. The minimum atomic E-state index is -0.0436. The molecule has 0 atom stereocenters. The van der Waals surface area contributed by atoms with Crippen LogP contribution in [0.15, 0.2) is 77.9 Å². The maximum Gasteiger partial charge on any atom is 0.251 e. The Morgan fingerprint density at radius 2 is 1.61 bits per heavy atom. The van der Waals surface area contributed by atoms with Crippen LogP contribution in [0.5, 0.6) is 0 Å². The van der Waals surface area contributed by atoms with E-state index in [2.05, 4.69) is 10.3 Å². The molecule has 0 radical (unpaired) electrons. The van der Waals surface area contributed by atoms with Gasteiger partial charge in [-0.05, 0) is 22.9 Å². The molecule has 0 aliphatic rings. The molecule has 23 heavy (non-hydrogen) atoms. The third-order valence-electron chi connectivity index (χ3n) is 3.75. The molecule has 5 nitrogen and oxygen atoms in total. The molecular formula is C18H14N4O. The van der Waals surface area contributed by atoms with Crippen molar-refractivity contribution in [2.75, 3.05) is 0 Å². The molecule has 0 unspecified atom stereocenters. The molecule has 0 bridgehead atoms. The molecule has 2 aromatic carbocycles. The van der Waals surface area contributed by atoms with Gasteiger partial charge in [0.25, 0.3) is 5.56 Å². The summed E-state index contributed by atoms with van der Waals surface area (Å²) in [6.45, 7) is 0.399. The highest BCUT2D eigenvalue weighted by Crippen LogP contribution is 2.11. The van der Waals surface area contributed by atoms with Gasteiger partial charge in [0.1, 0.15) is 5.69 Å². The van der Waals surface area contributed by atoms with E-state index in [1.54, 1.807) is 15.3 Å². The van der Waals surface area contributed by atoms with Crippen LogP contribution in [0.4, 0.5) is 0 Å². The number of hydrogen-bond donors (Lipinski definition) is 0. The minimum Gasteiger partial charge on any atom is -0.309 e. The maximum absolute atomic E-state index is 12.2. The Morgan fingerprint density at radius 3 is 2.43 bits per heavy atom. The van der Waals surface area contributed by atoms with Crippen LogP contribution in [0.25, 0.3) is 16.5 Å². The van der Waals surface area contributed by atoms with E-state index >= 15 is 0 Å². The predicted octanol–water partition coefficient (Wildman–Crippen LogP) is 2.63. The summed E-state index contributed by atoms with van der Waals surface area (Å²) in [6, 6.07) is 19.2.